The Balaban J connectivity index is 1.68. The zero-order chi connectivity index (χ0) is 21.0. The summed E-state index contributed by atoms with van der Waals surface area (Å²) in [7, 11) is 0. The third-order valence-corrected chi connectivity index (χ3v) is 4.63. The fraction of sp³-hybridized carbons (Fsp3) is 0.174. The molecular weight excluding hydrogens is 366 g/mol. The van der Waals surface area contributed by atoms with Crippen LogP contribution in [-0.2, 0) is 14.4 Å². The lowest BCUT2D eigenvalue weighted by Crippen LogP contribution is -2.37. The highest BCUT2D eigenvalue weighted by atomic mass is 16.2. The zero-order valence-electron chi connectivity index (χ0n) is 16.6. The smallest absolute Gasteiger partial charge is 0.313 e. The monoisotopic (exact) mass is 389 g/mol. The van der Waals surface area contributed by atoms with Crippen molar-refractivity contribution in [3.8, 4) is 0 Å². The average Bonchev–Trinajstić information content (AvgIpc) is 2.69. The molecule has 6 nitrogen and oxygen atoms in total. The van der Waals surface area contributed by atoms with E-state index in [4.69, 9.17) is 0 Å². The van der Waals surface area contributed by atoms with Gasteiger partial charge in [-0.1, -0.05) is 42.5 Å². The van der Waals surface area contributed by atoms with E-state index >= 15 is 0 Å². The van der Waals surface area contributed by atoms with Gasteiger partial charge in [-0.05, 0) is 53.9 Å². The Kier molecular flexibility index (Phi) is 5.93. The SMILES string of the molecule is CC(=O)Nc1ccc(C)c(NC(=O)C(=O)N[C@H](C)c2ccc3ccccc3c2)c1. The maximum atomic E-state index is 12.4. The van der Waals surface area contributed by atoms with Crippen LogP contribution >= 0.6 is 0 Å². The summed E-state index contributed by atoms with van der Waals surface area (Å²) in [4.78, 5) is 36.0. The Labute approximate surface area is 169 Å². The number of hydrogen-bond acceptors (Lipinski definition) is 3. The number of rotatable bonds is 4. The van der Waals surface area contributed by atoms with E-state index in [1.54, 1.807) is 18.2 Å². The summed E-state index contributed by atoms with van der Waals surface area (Å²) in [5, 5.41) is 10.2. The second-order valence-electron chi connectivity index (χ2n) is 6.97. The van der Waals surface area contributed by atoms with E-state index in [1.807, 2.05) is 56.3 Å². The quantitative estimate of drug-likeness (QED) is 0.591. The van der Waals surface area contributed by atoms with Crippen molar-refractivity contribution in [2.24, 2.45) is 0 Å². The first-order valence-electron chi connectivity index (χ1n) is 9.32. The molecule has 0 aromatic heterocycles. The van der Waals surface area contributed by atoms with Crippen molar-refractivity contribution >= 4 is 39.9 Å². The van der Waals surface area contributed by atoms with Crippen molar-refractivity contribution in [1.82, 2.24) is 5.32 Å². The normalized spacial score (nSPS) is 11.6. The van der Waals surface area contributed by atoms with E-state index in [2.05, 4.69) is 16.0 Å². The molecule has 3 aromatic rings. The van der Waals surface area contributed by atoms with Crippen LogP contribution < -0.4 is 16.0 Å². The van der Waals surface area contributed by atoms with Gasteiger partial charge >= 0.3 is 11.8 Å². The van der Waals surface area contributed by atoms with E-state index in [9.17, 15) is 14.4 Å². The summed E-state index contributed by atoms with van der Waals surface area (Å²) in [6, 6.07) is 18.7. The Morgan fingerprint density at radius 1 is 0.828 bits per heavy atom. The van der Waals surface area contributed by atoms with Gasteiger partial charge in [0.05, 0.1) is 6.04 Å². The molecule has 0 radical (unpaired) electrons. The molecule has 1 atom stereocenters. The van der Waals surface area contributed by atoms with Gasteiger partial charge in [0.2, 0.25) is 5.91 Å². The van der Waals surface area contributed by atoms with Crippen LogP contribution in [-0.4, -0.2) is 17.7 Å². The summed E-state index contributed by atoms with van der Waals surface area (Å²) in [6.45, 7) is 5.04. The number of benzene rings is 3. The molecule has 0 heterocycles. The molecule has 0 aliphatic heterocycles. The van der Waals surface area contributed by atoms with Crippen molar-refractivity contribution in [2.45, 2.75) is 26.8 Å². The first kappa shape index (κ1) is 20.1. The Morgan fingerprint density at radius 3 is 2.28 bits per heavy atom. The lowest BCUT2D eigenvalue weighted by Gasteiger charge is -2.16. The Morgan fingerprint density at radius 2 is 1.55 bits per heavy atom. The lowest BCUT2D eigenvalue weighted by molar-refractivity contribution is -0.136. The van der Waals surface area contributed by atoms with E-state index in [1.165, 1.54) is 6.92 Å². The van der Waals surface area contributed by atoms with Crippen molar-refractivity contribution in [3.05, 3.63) is 71.8 Å². The molecule has 6 heteroatoms. The maximum absolute atomic E-state index is 12.4. The number of fused-ring (bicyclic) bond motifs is 1. The van der Waals surface area contributed by atoms with Crippen molar-refractivity contribution in [3.63, 3.8) is 0 Å². The molecule has 3 amide bonds. The van der Waals surface area contributed by atoms with Gasteiger partial charge in [-0.2, -0.15) is 0 Å². The van der Waals surface area contributed by atoms with Gasteiger partial charge in [-0.3, -0.25) is 14.4 Å². The highest BCUT2D eigenvalue weighted by molar-refractivity contribution is 6.39. The highest BCUT2D eigenvalue weighted by Crippen LogP contribution is 2.22. The number of hydrogen-bond donors (Lipinski definition) is 3. The molecule has 29 heavy (non-hydrogen) atoms. The second kappa shape index (κ2) is 8.56. The number of carbonyl (C=O) groups excluding carboxylic acids is 3. The van der Waals surface area contributed by atoms with Gasteiger partial charge in [0.15, 0.2) is 0 Å². The Hall–Kier alpha value is -3.67. The molecule has 0 aliphatic carbocycles. The van der Waals surface area contributed by atoms with Crippen LogP contribution in [0, 0.1) is 6.92 Å². The summed E-state index contributed by atoms with van der Waals surface area (Å²) >= 11 is 0. The Bertz CT molecular complexity index is 1090. The molecule has 148 valence electrons. The summed E-state index contributed by atoms with van der Waals surface area (Å²) in [5.74, 6) is -1.70. The minimum Gasteiger partial charge on any atom is -0.341 e. The maximum Gasteiger partial charge on any atom is 0.313 e. The number of anilines is 2. The van der Waals surface area contributed by atoms with Crippen LogP contribution in [0.25, 0.3) is 10.8 Å². The van der Waals surface area contributed by atoms with Gasteiger partial charge in [-0.25, -0.2) is 0 Å². The topological polar surface area (TPSA) is 87.3 Å². The van der Waals surface area contributed by atoms with E-state index < -0.39 is 11.8 Å². The van der Waals surface area contributed by atoms with Crippen LogP contribution in [0.15, 0.2) is 60.7 Å². The van der Waals surface area contributed by atoms with Crippen LogP contribution in [0.2, 0.25) is 0 Å². The van der Waals surface area contributed by atoms with Gasteiger partial charge in [0, 0.05) is 18.3 Å². The third kappa shape index (κ3) is 4.99. The number of carbonyl (C=O) groups is 3. The number of aryl methyl sites for hydroxylation is 1. The van der Waals surface area contributed by atoms with Crippen molar-refractivity contribution < 1.29 is 14.4 Å². The average molecular weight is 389 g/mol. The minimum absolute atomic E-state index is 0.215. The van der Waals surface area contributed by atoms with E-state index in [0.717, 1.165) is 21.9 Å². The predicted octanol–water partition coefficient (Wildman–Crippen LogP) is 3.92. The molecule has 0 saturated heterocycles. The second-order valence-corrected chi connectivity index (χ2v) is 6.97. The molecule has 3 N–H and O–H groups in total. The van der Waals surface area contributed by atoms with E-state index in [0.29, 0.717) is 11.4 Å². The number of nitrogens with one attached hydrogen (secondary N) is 3. The first-order chi connectivity index (χ1) is 13.8. The minimum atomic E-state index is -0.763. The van der Waals surface area contributed by atoms with Crippen LogP contribution in [0.5, 0.6) is 0 Å². The van der Waals surface area contributed by atoms with Crippen LogP contribution in [0.1, 0.15) is 31.0 Å². The molecule has 0 bridgehead atoms. The highest BCUT2D eigenvalue weighted by Gasteiger charge is 2.18. The summed E-state index contributed by atoms with van der Waals surface area (Å²) in [6.07, 6.45) is 0. The molecular formula is C23H23N3O3. The molecule has 0 aliphatic rings. The predicted molar refractivity (Wildman–Crippen MR) is 115 cm³/mol. The molecule has 0 saturated carbocycles. The lowest BCUT2D eigenvalue weighted by atomic mass is 10.0. The molecule has 3 rings (SSSR count). The van der Waals surface area contributed by atoms with Crippen LogP contribution in [0.3, 0.4) is 0 Å². The standard InChI is InChI=1S/C23H23N3O3/c1-14-8-11-20(25-16(3)27)13-21(14)26-23(29)22(28)24-15(2)18-10-9-17-6-4-5-7-19(17)12-18/h4-13,15H,1-3H3,(H,24,28)(H,25,27)(H,26,29)/t15-/m1/s1. The first-order valence-corrected chi connectivity index (χ1v) is 9.32. The van der Waals surface area contributed by atoms with Crippen LogP contribution in [0.4, 0.5) is 11.4 Å². The van der Waals surface area contributed by atoms with Gasteiger partial charge in [-0.15, -0.1) is 0 Å². The van der Waals surface area contributed by atoms with Gasteiger partial charge in [0.1, 0.15) is 0 Å². The van der Waals surface area contributed by atoms with E-state index in [-0.39, 0.29) is 11.9 Å². The fourth-order valence-corrected chi connectivity index (χ4v) is 3.04. The van der Waals surface area contributed by atoms with Gasteiger partial charge < -0.3 is 16.0 Å². The molecule has 0 fully saturated rings. The number of amides is 3. The largest absolute Gasteiger partial charge is 0.341 e. The van der Waals surface area contributed by atoms with Gasteiger partial charge in [0.25, 0.3) is 0 Å². The third-order valence-electron chi connectivity index (χ3n) is 4.63. The molecule has 0 unspecified atom stereocenters. The molecule has 0 spiro atoms. The summed E-state index contributed by atoms with van der Waals surface area (Å²) in [5.41, 5.74) is 2.70. The fourth-order valence-electron chi connectivity index (χ4n) is 3.04. The zero-order valence-corrected chi connectivity index (χ0v) is 16.6. The van der Waals surface area contributed by atoms with Crippen molar-refractivity contribution in [2.75, 3.05) is 10.6 Å². The molecule has 3 aromatic carbocycles. The summed E-state index contributed by atoms with van der Waals surface area (Å²) < 4.78 is 0. The van der Waals surface area contributed by atoms with Crippen molar-refractivity contribution in [1.29, 1.82) is 0 Å².